The van der Waals surface area contributed by atoms with Crippen molar-refractivity contribution in [3.05, 3.63) is 59.7 Å². The highest BCUT2D eigenvalue weighted by molar-refractivity contribution is 6.39. The summed E-state index contributed by atoms with van der Waals surface area (Å²) in [5.41, 5.74) is 4.97. The quantitative estimate of drug-likeness (QED) is 0.627. The highest BCUT2D eigenvalue weighted by Gasteiger charge is 2.24. The number of carbonyl (C=O) groups excluding carboxylic acids is 3. The van der Waals surface area contributed by atoms with E-state index >= 15 is 0 Å². The van der Waals surface area contributed by atoms with E-state index in [1.807, 2.05) is 36.4 Å². The summed E-state index contributed by atoms with van der Waals surface area (Å²) in [6.45, 7) is 2.62. The van der Waals surface area contributed by atoms with Crippen LogP contribution in [0.15, 0.2) is 48.5 Å². The average molecular weight is 367 g/mol. The number of anilines is 2. The van der Waals surface area contributed by atoms with Gasteiger partial charge in [-0.2, -0.15) is 0 Å². The molecule has 27 heavy (non-hydrogen) atoms. The Morgan fingerprint density at radius 1 is 1.07 bits per heavy atom. The van der Waals surface area contributed by atoms with E-state index in [-0.39, 0.29) is 12.5 Å². The maximum Gasteiger partial charge on any atom is 0.333 e. The molecule has 0 aromatic heterocycles. The third-order valence-corrected chi connectivity index (χ3v) is 4.37. The van der Waals surface area contributed by atoms with E-state index in [0.717, 1.165) is 23.2 Å². The SMILES string of the molecule is Cc1c(NC(=O)C(=O)NOCc2ccccc2)cccc1N1CCCC1=O. The smallest absolute Gasteiger partial charge is 0.317 e. The highest BCUT2D eigenvalue weighted by atomic mass is 16.7. The molecule has 0 aliphatic carbocycles. The van der Waals surface area contributed by atoms with Crippen molar-refractivity contribution in [1.82, 2.24) is 5.48 Å². The number of hydroxylamine groups is 1. The summed E-state index contributed by atoms with van der Waals surface area (Å²) in [5, 5.41) is 2.57. The highest BCUT2D eigenvalue weighted by Crippen LogP contribution is 2.29. The molecule has 0 unspecified atom stereocenters. The van der Waals surface area contributed by atoms with Gasteiger partial charge in [0.15, 0.2) is 0 Å². The van der Waals surface area contributed by atoms with Crippen LogP contribution >= 0.6 is 0 Å². The van der Waals surface area contributed by atoms with E-state index in [2.05, 4.69) is 10.8 Å². The van der Waals surface area contributed by atoms with Crippen molar-refractivity contribution in [2.24, 2.45) is 0 Å². The second-order valence-electron chi connectivity index (χ2n) is 6.26. The number of rotatable bonds is 5. The molecule has 3 amide bonds. The first-order chi connectivity index (χ1) is 13.1. The van der Waals surface area contributed by atoms with Gasteiger partial charge in [-0.3, -0.25) is 19.2 Å². The lowest BCUT2D eigenvalue weighted by molar-refractivity contribution is -0.145. The average Bonchev–Trinajstić information content (AvgIpc) is 3.10. The lowest BCUT2D eigenvalue weighted by Gasteiger charge is -2.20. The zero-order valence-electron chi connectivity index (χ0n) is 15.0. The van der Waals surface area contributed by atoms with Crippen LogP contribution in [-0.4, -0.2) is 24.3 Å². The van der Waals surface area contributed by atoms with Gasteiger partial charge in [-0.15, -0.1) is 0 Å². The number of nitrogens with one attached hydrogen (secondary N) is 2. The number of carbonyl (C=O) groups is 3. The molecule has 7 nitrogen and oxygen atoms in total. The molecule has 0 bridgehead atoms. The molecule has 3 rings (SSSR count). The number of nitrogens with zero attached hydrogens (tertiary/aromatic N) is 1. The van der Waals surface area contributed by atoms with Crippen LogP contribution in [0, 0.1) is 6.92 Å². The third-order valence-electron chi connectivity index (χ3n) is 4.37. The molecule has 0 saturated carbocycles. The van der Waals surface area contributed by atoms with E-state index in [9.17, 15) is 14.4 Å². The molecule has 0 spiro atoms. The van der Waals surface area contributed by atoms with Gasteiger partial charge in [-0.05, 0) is 36.6 Å². The lowest BCUT2D eigenvalue weighted by Crippen LogP contribution is -2.35. The Hall–Kier alpha value is -3.19. The van der Waals surface area contributed by atoms with E-state index in [0.29, 0.717) is 18.7 Å². The molecule has 1 heterocycles. The Morgan fingerprint density at radius 2 is 1.85 bits per heavy atom. The first-order valence-electron chi connectivity index (χ1n) is 8.73. The first kappa shape index (κ1) is 18.6. The van der Waals surface area contributed by atoms with Crippen molar-refractivity contribution in [3.63, 3.8) is 0 Å². The van der Waals surface area contributed by atoms with Crippen LogP contribution in [0.3, 0.4) is 0 Å². The number of hydrogen-bond acceptors (Lipinski definition) is 4. The van der Waals surface area contributed by atoms with E-state index in [4.69, 9.17) is 4.84 Å². The van der Waals surface area contributed by atoms with Crippen LogP contribution < -0.4 is 15.7 Å². The Kier molecular flexibility index (Phi) is 5.83. The maximum atomic E-state index is 12.1. The van der Waals surface area contributed by atoms with Crippen LogP contribution in [0.2, 0.25) is 0 Å². The number of hydrogen-bond donors (Lipinski definition) is 2. The minimum atomic E-state index is -0.895. The van der Waals surface area contributed by atoms with E-state index in [1.165, 1.54) is 0 Å². The number of amides is 3. The molecule has 0 atom stereocenters. The van der Waals surface area contributed by atoms with Crippen LogP contribution in [-0.2, 0) is 25.8 Å². The van der Waals surface area contributed by atoms with Crippen molar-refractivity contribution in [3.8, 4) is 0 Å². The monoisotopic (exact) mass is 367 g/mol. The molecule has 1 aliphatic heterocycles. The van der Waals surface area contributed by atoms with Crippen LogP contribution in [0.5, 0.6) is 0 Å². The van der Waals surface area contributed by atoms with Crippen molar-refractivity contribution < 1.29 is 19.2 Å². The zero-order chi connectivity index (χ0) is 19.2. The van der Waals surface area contributed by atoms with Gasteiger partial charge in [0, 0.05) is 24.3 Å². The molecule has 2 aromatic carbocycles. The van der Waals surface area contributed by atoms with E-state index in [1.54, 1.807) is 24.0 Å². The Balaban J connectivity index is 1.58. The molecule has 140 valence electrons. The van der Waals surface area contributed by atoms with E-state index < -0.39 is 11.8 Å². The lowest BCUT2D eigenvalue weighted by atomic mass is 10.1. The first-order valence-corrected chi connectivity index (χ1v) is 8.73. The topological polar surface area (TPSA) is 87.7 Å². The van der Waals surface area contributed by atoms with Gasteiger partial charge in [-0.25, -0.2) is 5.48 Å². The minimum Gasteiger partial charge on any atom is -0.317 e. The van der Waals surface area contributed by atoms with Crippen LogP contribution in [0.25, 0.3) is 0 Å². The normalized spacial score (nSPS) is 13.5. The fourth-order valence-corrected chi connectivity index (χ4v) is 2.94. The molecule has 1 aliphatic rings. The summed E-state index contributed by atoms with van der Waals surface area (Å²) in [7, 11) is 0. The van der Waals surface area contributed by atoms with Crippen molar-refractivity contribution >= 4 is 29.1 Å². The van der Waals surface area contributed by atoms with Gasteiger partial charge in [-0.1, -0.05) is 36.4 Å². The molecule has 1 fully saturated rings. The fraction of sp³-hybridized carbons (Fsp3) is 0.250. The fourth-order valence-electron chi connectivity index (χ4n) is 2.94. The van der Waals surface area contributed by atoms with Crippen molar-refractivity contribution in [1.29, 1.82) is 0 Å². The van der Waals surface area contributed by atoms with Gasteiger partial charge >= 0.3 is 11.8 Å². The third kappa shape index (κ3) is 4.51. The van der Waals surface area contributed by atoms with Gasteiger partial charge in [0.1, 0.15) is 0 Å². The summed E-state index contributed by atoms with van der Waals surface area (Å²) in [6, 6.07) is 14.5. The largest absolute Gasteiger partial charge is 0.333 e. The number of benzene rings is 2. The summed E-state index contributed by atoms with van der Waals surface area (Å²) in [4.78, 5) is 42.8. The second-order valence-corrected chi connectivity index (χ2v) is 6.26. The minimum absolute atomic E-state index is 0.0635. The molecular weight excluding hydrogens is 346 g/mol. The Bertz CT molecular complexity index is 852. The maximum absolute atomic E-state index is 12.1. The molecule has 0 radical (unpaired) electrons. The molecule has 1 saturated heterocycles. The van der Waals surface area contributed by atoms with Crippen LogP contribution in [0.1, 0.15) is 24.0 Å². The molecule has 2 N–H and O–H groups in total. The van der Waals surface area contributed by atoms with Gasteiger partial charge < -0.3 is 10.2 Å². The second kappa shape index (κ2) is 8.46. The predicted octanol–water partition coefficient (Wildman–Crippen LogP) is 2.31. The summed E-state index contributed by atoms with van der Waals surface area (Å²) < 4.78 is 0. The zero-order valence-corrected chi connectivity index (χ0v) is 15.0. The van der Waals surface area contributed by atoms with Crippen molar-refractivity contribution in [2.45, 2.75) is 26.4 Å². The van der Waals surface area contributed by atoms with Gasteiger partial charge in [0.25, 0.3) is 0 Å². The molecular formula is C20H21N3O4. The van der Waals surface area contributed by atoms with Crippen molar-refractivity contribution in [2.75, 3.05) is 16.8 Å². The molecule has 2 aromatic rings. The van der Waals surface area contributed by atoms with Gasteiger partial charge in [0.2, 0.25) is 5.91 Å². The van der Waals surface area contributed by atoms with Crippen LogP contribution in [0.4, 0.5) is 11.4 Å². The Morgan fingerprint density at radius 3 is 2.56 bits per heavy atom. The summed E-state index contributed by atoms with van der Waals surface area (Å²) >= 11 is 0. The predicted molar refractivity (Wildman–Crippen MR) is 101 cm³/mol. The molecule has 7 heteroatoms. The van der Waals surface area contributed by atoms with Gasteiger partial charge in [0.05, 0.1) is 6.61 Å². The standard InChI is InChI=1S/C20H21N3O4/c1-14-16(9-5-10-17(14)23-12-6-11-18(23)24)21-19(25)20(26)22-27-13-15-7-3-2-4-8-15/h2-5,7-10H,6,11-13H2,1H3,(H,21,25)(H,22,26). The summed E-state index contributed by atoms with van der Waals surface area (Å²) in [6.07, 6.45) is 1.34. The Labute approximate surface area is 157 Å². The summed E-state index contributed by atoms with van der Waals surface area (Å²) in [5.74, 6) is -1.67.